The van der Waals surface area contributed by atoms with Gasteiger partial charge in [0.05, 0.1) is 11.4 Å². The van der Waals surface area contributed by atoms with Gasteiger partial charge in [0.2, 0.25) is 5.95 Å². The van der Waals surface area contributed by atoms with Crippen molar-refractivity contribution in [1.82, 2.24) is 30.3 Å². The second-order valence-corrected chi connectivity index (χ2v) is 5.95. The fourth-order valence-electron chi connectivity index (χ4n) is 2.27. The maximum absolute atomic E-state index is 12.3. The zero-order chi connectivity index (χ0) is 18.4. The molecule has 0 aliphatic heterocycles. The molecule has 1 amide bonds. The topological polar surface area (TPSA) is 97.6 Å². The molecule has 0 spiro atoms. The molecule has 26 heavy (non-hydrogen) atoms. The number of amides is 1. The van der Waals surface area contributed by atoms with Gasteiger partial charge in [-0.2, -0.15) is 9.90 Å². The average Bonchev–Trinajstić information content (AvgIpc) is 3.04. The zero-order valence-electron chi connectivity index (χ0n) is 14.2. The number of hydrogen-bond acceptors (Lipinski definition) is 6. The number of anilines is 1. The van der Waals surface area contributed by atoms with Crippen LogP contribution in [0.1, 0.15) is 22.6 Å². The lowest BCUT2D eigenvalue weighted by molar-refractivity contribution is 0.0947. The maximum atomic E-state index is 12.3. The smallest absolute Gasteiger partial charge is 0.273 e. The Morgan fingerprint density at radius 1 is 1.15 bits per heavy atom. The molecule has 1 aromatic carbocycles. The van der Waals surface area contributed by atoms with Crippen LogP contribution in [0.25, 0.3) is 5.69 Å². The van der Waals surface area contributed by atoms with Crippen molar-refractivity contribution in [2.24, 2.45) is 0 Å². The standard InChI is InChI=1S/C17H18ClN7O/c1-12-15(24-25(23-12)14-6-2-5-13(18)11-14)16(26)19-7-3-8-20-17-21-9-4-10-22-17/h2,4-6,9-11H,3,7-8H2,1H3,(H,19,26)(H,20,21,22). The van der Waals surface area contributed by atoms with Gasteiger partial charge >= 0.3 is 0 Å². The van der Waals surface area contributed by atoms with E-state index in [0.29, 0.717) is 41.1 Å². The molecule has 134 valence electrons. The van der Waals surface area contributed by atoms with E-state index in [-0.39, 0.29) is 5.91 Å². The van der Waals surface area contributed by atoms with Crippen molar-refractivity contribution in [2.45, 2.75) is 13.3 Å². The molecule has 2 aromatic heterocycles. The third-order valence-corrected chi connectivity index (χ3v) is 3.76. The van der Waals surface area contributed by atoms with Gasteiger partial charge < -0.3 is 10.6 Å². The van der Waals surface area contributed by atoms with E-state index in [9.17, 15) is 4.79 Å². The van der Waals surface area contributed by atoms with Crippen LogP contribution >= 0.6 is 11.6 Å². The van der Waals surface area contributed by atoms with E-state index in [4.69, 9.17) is 11.6 Å². The molecule has 0 aliphatic rings. The maximum Gasteiger partial charge on any atom is 0.273 e. The summed E-state index contributed by atoms with van der Waals surface area (Å²) in [5.41, 5.74) is 1.55. The van der Waals surface area contributed by atoms with Gasteiger partial charge in [0.15, 0.2) is 5.69 Å². The lowest BCUT2D eigenvalue weighted by Gasteiger charge is -2.05. The molecule has 3 rings (SSSR count). The third kappa shape index (κ3) is 4.54. The second kappa shape index (κ2) is 8.39. The Morgan fingerprint density at radius 2 is 1.96 bits per heavy atom. The molecule has 0 aliphatic carbocycles. The van der Waals surface area contributed by atoms with Crippen LogP contribution in [0.15, 0.2) is 42.7 Å². The second-order valence-electron chi connectivity index (χ2n) is 5.51. The van der Waals surface area contributed by atoms with Crippen LogP contribution in [-0.4, -0.2) is 44.0 Å². The van der Waals surface area contributed by atoms with E-state index in [2.05, 4.69) is 30.8 Å². The van der Waals surface area contributed by atoms with Gasteiger partial charge in [-0.3, -0.25) is 4.79 Å². The van der Waals surface area contributed by atoms with Crippen molar-refractivity contribution >= 4 is 23.5 Å². The number of nitrogens with zero attached hydrogens (tertiary/aromatic N) is 5. The van der Waals surface area contributed by atoms with E-state index < -0.39 is 0 Å². The Balaban J connectivity index is 1.52. The lowest BCUT2D eigenvalue weighted by Crippen LogP contribution is -2.27. The minimum atomic E-state index is -0.258. The van der Waals surface area contributed by atoms with Crippen LogP contribution in [0.5, 0.6) is 0 Å². The quantitative estimate of drug-likeness (QED) is 0.618. The molecule has 0 bridgehead atoms. The summed E-state index contributed by atoms with van der Waals surface area (Å²) in [6.07, 6.45) is 4.07. The molecule has 0 fully saturated rings. The zero-order valence-corrected chi connectivity index (χ0v) is 14.9. The fraction of sp³-hybridized carbons (Fsp3) is 0.235. The summed E-state index contributed by atoms with van der Waals surface area (Å²) in [4.78, 5) is 21.9. The first-order valence-electron chi connectivity index (χ1n) is 8.12. The Labute approximate surface area is 155 Å². The van der Waals surface area contributed by atoms with Crippen molar-refractivity contribution in [3.05, 3.63) is 59.1 Å². The van der Waals surface area contributed by atoms with Crippen molar-refractivity contribution in [1.29, 1.82) is 0 Å². The number of benzene rings is 1. The normalized spacial score (nSPS) is 10.5. The van der Waals surface area contributed by atoms with Crippen LogP contribution < -0.4 is 10.6 Å². The van der Waals surface area contributed by atoms with Gasteiger partial charge in [-0.25, -0.2) is 9.97 Å². The van der Waals surface area contributed by atoms with Gasteiger partial charge in [-0.1, -0.05) is 17.7 Å². The Bertz CT molecular complexity index is 882. The molecule has 0 saturated carbocycles. The van der Waals surface area contributed by atoms with Crippen molar-refractivity contribution < 1.29 is 4.79 Å². The number of aromatic nitrogens is 5. The molecule has 2 heterocycles. The number of carbonyl (C=O) groups is 1. The van der Waals surface area contributed by atoms with Crippen LogP contribution in [0.3, 0.4) is 0 Å². The number of nitrogens with one attached hydrogen (secondary N) is 2. The summed E-state index contributed by atoms with van der Waals surface area (Å²) < 4.78 is 0. The monoisotopic (exact) mass is 371 g/mol. The molecule has 3 aromatic rings. The van der Waals surface area contributed by atoms with Crippen LogP contribution in [0.4, 0.5) is 5.95 Å². The highest BCUT2D eigenvalue weighted by molar-refractivity contribution is 6.30. The highest BCUT2D eigenvalue weighted by Gasteiger charge is 2.16. The first-order valence-corrected chi connectivity index (χ1v) is 8.50. The Hall–Kier alpha value is -3.00. The van der Waals surface area contributed by atoms with E-state index in [1.54, 1.807) is 43.6 Å². The molecular formula is C17H18ClN7O. The minimum Gasteiger partial charge on any atom is -0.354 e. The summed E-state index contributed by atoms with van der Waals surface area (Å²) in [7, 11) is 0. The number of hydrogen-bond donors (Lipinski definition) is 2. The number of halogens is 1. The molecule has 0 radical (unpaired) electrons. The molecule has 9 heteroatoms. The molecule has 8 nitrogen and oxygen atoms in total. The third-order valence-electron chi connectivity index (χ3n) is 3.52. The Kier molecular flexibility index (Phi) is 5.75. The number of aryl methyl sites for hydroxylation is 1. The van der Waals surface area contributed by atoms with Crippen LogP contribution in [-0.2, 0) is 0 Å². The predicted molar refractivity (Wildman–Crippen MR) is 98.6 cm³/mol. The van der Waals surface area contributed by atoms with Crippen molar-refractivity contribution in [2.75, 3.05) is 18.4 Å². The summed E-state index contributed by atoms with van der Waals surface area (Å²) in [5, 5.41) is 15.1. The van der Waals surface area contributed by atoms with Gasteiger partial charge in [-0.15, -0.1) is 5.10 Å². The summed E-state index contributed by atoms with van der Waals surface area (Å²) >= 11 is 5.98. The summed E-state index contributed by atoms with van der Waals surface area (Å²) in [6.45, 7) is 2.90. The van der Waals surface area contributed by atoms with E-state index >= 15 is 0 Å². The molecule has 0 unspecified atom stereocenters. The van der Waals surface area contributed by atoms with Crippen LogP contribution in [0.2, 0.25) is 5.02 Å². The minimum absolute atomic E-state index is 0.258. The van der Waals surface area contributed by atoms with Crippen LogP contribution in [0, 0.1) is 6.92 Å². The van der Waals surface area contributed by atoms with Gasteiger partial charge in [-0.05, 0) is 37.6 Å². The van der Waals surface area contributed by atoms with Gasteiger partial charge in [0.1, 0.15) is 0 Å². The largest absolute Gasteiger partial charge is 0.354 e. The van der Waals surface area contributed by atoms with E-state index in [0.717, 1.165) is 6.42 Å². The number of rotatable bonds is 7. The number of carbonyl (C=O) groups excluding carboxylic acids is 1. The summed E-state index contributed by atoms with van der Waals surface area (Å²) in [6, 6.07) is 8.89. The predicted octanol–water partition coefficient (Wildman–Crippen LogP) is 2.25. The van der Waals surface area contributed by atoms with Crippen molar-refractivity contribution in [3.63, 3.8) is 0 Å². The molecule has 2 N–H and O–H groups in total. The van der Waals surface area contributed by atoms with Crippen molar-refractivity contribution in [3.8, 4) is 5.69 Å². The first kappa shape index (κ1) is 17.8. The van der Waals surface area contributed by atoms with E-state index in [1.807, 2.05) is 6.07 Å². The SMILES string of the molecule is Cc1nn(-c2cccc(Cl)c2)nc1C(=O)NCCCNc1ncccn1. The summed E-state index contributed by atoms with van der Waals surface area (Å²) in [5.74, 6) is 0.311. The highest BCUT2D eigenvalue weighted by Crippen LogP contribution is 2.14. The molecule has 0 saturated heterocycles. The molecular weight excluding hydrogens is 354 g/mol. The Morgan fingerprint density at radius 3 is 2.73 bits per heavy atom. The molecule has 0 atom stereocenters. The first-order chi connectivity index (χ1) is 12.6. The van der Waals surface area contributed by atoms with E-state index in [1.165, 1.54) is 4.80 Å². The van der Waals surface area contributed by atoms with Gasteiger partial charge in [0.25, 0.3) is 5.91 Å². The lowest BCUT2D eigenvalue weighted by atomic mass is 10.3. The highest BCUT2D eigenvalue weighted by atomic mass is 35.5. The average molecular weight is 372 g/mol. The fourth-order valence-corrected chi connectivity index (χ4v) is 2.45. The van der Waals surface area contributed by atoms with Gasteiger partial charge in [0, 0.05) is 30.5 Å².